The molecule has 0 aliphatic heterocycles. The van der Waals surface area contributed by atoms with Crippen LogP contribution in [-0.4, -0.2) is 4.98 Å². The molecular weight excluding hydrogens is 214 g/mol. The van der Waals surface area contributed by atoms with Gasteiger partial charge in [0.15, 0.2) is 5.51 Å². The third kappa shape index (κ3) is 1.81. The summed E-state index contributed by atoms with van der Waals surface area (Å²) in [6.07, 6.45) is 0.999. The lowest BCUT2D eigenvalue weighted by atomic mass is 10.1. The second kappa shape index (κ2) is 4.11. The minimum absolute atomic E-state index is 0.756. The van der Waals surface area contributed by atoms with Crippen LogP contribution in [0.25, 0.3) is 11.3 Å². The number of nitrogens with zero attached hydrogens (tertiary/aromatic N) is 1. The van der Waals surface area contributed by atoms with Gasteiger partial charge in [0.2, 0.25) is 0 Å². The van der Waals surface area contributed by atoms with Crippen molar-refractivity contribution in [2.24, 2.45) is 0 Å². The molecule has 1 radical (unpaired) electrons. The number of aryl methyl sites for hydroxylation is 1. The third-order valence-corrected chi connectivity index (χ3v) is 3.19. The SMILES string of the molecule is CCc1s[c]nc1-c1ccc(Cl)cc1. The summed E-state index contributed by atoms with van der Waals surface area (Å²) >= 11 is 7.40. The summed E-state index contributed by atoms with van der Waals surface area (Å²) in [5.41, 5.74) is 5.07. The molecule has 1 aromatic heterocycles. The summed E-state index contributed by atoms with van der Waals surface area (Å²) in [7, 11) is 0. The Balaban J connectivity index is 2.44. The van der Waals surface area contributed by atoms with Gasteiger partial charge in [0, 0.05) is 15.5 Å². The largest absolute Gasteiger partial charge is 0.233 e. The Kier molecular flexibility index (Phi) is 2.85. The number of hydrogen-bond acceptors (Lipinski definition) is 2. The van der Waals surface area contributed by atoms with Crippen molar-refractivity contribution in [3.05, 3.63) is 39.7 Å². The minimum atomic E-state index is 0.756. The van der Waals surface area contributed by atoms with Gasteiger partial charge in [0.05, 0.1) is 5.69 Å². The van der Waals surface area contributed by atoms with E-state index in [1.54, 1.807) is 11.3 Å². The number of aromatic nitrogens is 1. The van der Waals surface area contributed by atoms with Gasteiger partial charge in [0.1, 0.15) is 0 Å². The number of halogens is 1. The van der Waals surface area contributed by atoms with Crippen LogP contribution in [0, 0.1) is 5.51 Å². The second-order valence-electron chi connectivity index (χ2n) is 2.94. The van der Waals surface area contributed by atoms with Gasteiger partial charge in [-0.25, -0.2) is 4.98 Å². The number of rotatable bonds is 2. The smallest absolute Gasteiger partial charge is 0.153 e. The number of hydrogen-bond donors (Lipinski definition) is 0. The predicted octanol–water partition coefficient (Wildman–Crippen LogP) is 3.83. The van der Waals surface area contributed by atoms with Gasteiger partial charge in [-0.2, -0.15) is 0 Å². The average molecular weight is 223 g/mol. The fraction of sp³-hybridized carbons (Fsp3) is 0.182. The molecule has 2 rings (SSSR count). The molecule has 0 saturated heterocycles. The van der Waals surface area contributed by atoms with E-state index in [0.29, 0.717) is 0 Å². The van der Waals surface area contributed by atoms with Crippen molar-refractivity contribution in [1.82, 2.24) is 4.98 Å². The van der Waals surface area contributed by atoms with Gasteiger partial charge in [-0.15, -0.1) is 11.3 Å². The molecule has 0 amide bonds. The standard InChI is InChI=1S/C11H9ClNS/c1-2-10-11(13-7-14-10)8-3-5-9(12)6-4-8/h3-6H,2H2,1H3. The Labute approximate surface area is 92.4 Å². The van der Waals surface area contributed by atoms with Crippen LogP contribution in [0.3, 0.4) is 0 Å². The van der Waals surface area contributed by atoms with E-state index in [2.05, 4.69) is 17.4 Å². The molecule has 0 aliphatic rings. The zero-order valence-corrected chi connectivity index (χ0v) is 9.32. The highest BCUT2D eigenvalue weighted by molar-refractivity contribution is 7.09. The maximum Gasteiger partial charge on any atom is 0.153 e. The van der Waals surface area contributed by atoms with Crippen molar-refractivity contribution in [3.63, 3.8) is 0 Å². The van der Waals surface area contributed by atoms with Gasteiger partial charge >= 0.3 is 0 Å². The van der Waals surface area contributed by atoms with Crippen molar-refractivity contribution in [2.75, 3.05) is 0 Å². The van der Waals surface area contributed by atoms with E-state index in [1.807, 2.05) is 24.3 Å². The lowest BCUT2D eigenvalue weighted by Gasteiger charge is -1.99. The molecule has 0 atom stereocenters. The van der Waals surface area contributed by atoms with E-state index in [9.17, 15) is 0 Å². The molecule has 0 spiro atoms. The summed E-state index contributed by atoms with van der Waals surface area (Å²) in [5.74, 6) is 0. The highest BCUT2D eigenvalue weighted by Crippen LogP contribution is 2.26. The topological polar surface area (TPSA) is 12.9 Å². The molecule has 0 fully saturated rings. The Hall–Kier alpha value is -0.860. The fourth-order valence-corrected chi connectivity index (χ4v) is 2.08. The second-order valence-corrected chi connectivity index (χ2v) is 4.25. The Morgan fingerprint density at radius 3 is 2.71 bits per heavy atom. The molecule has 1 nitrogen and oxygen atoms in total. The Morgan fingerprint density at radius 2 is 2.07 bits per heavy atom. The summed E-state index contributed by atoms with van der Waals surface area (Å²) in [6, 6.07) is 7.75. The minimum Gasteiger partial charge on any atom is -0.233 e. The summed E-state index contributed by atoms with van der Waals surface area (Å²) in [6.45, 7) is 2.13. The first-order chi connectivity index (χ1) is 6.81. The zero-order chi connectivity index (χ0) is 9.97. The van der Waals surface area contributed by atoms with Crippen molar-refractivity contribution >= 4 is 22.9 Å². The van der Waals surface area contributed by atoms with E-state index < -0.39 is 0 Å². The van der Waals surface area contributed by atoms with Crippen molar-refractivity contribution in [1.29, 1.82) is 0 Å². The van der Waals surface area contributed by atoms with Crippen LogP contribution in [0.4, 0.5) is 0 Å². The summed E-state index contributed by atoms with van der Waals surface area (Å²) in [4.78, 5) is 5.51. The van der Waals surface area contributed by atoms with E-state index in [1.165, 1.54) is 4.88 Å². The predicted molar refractivity (Wildman–Crippen MR) is 60.8 cm³/mol. The van der Waals surface area contributed by atoms with E-state index >= 15 is 0 Å². The third-order valence-electron chi connectivity index (χ3n) is 2.03. The molecule has 1 heterocycles. The van der Waals surface area contributed by atoms with Crippen molar-refractivity contribution in [2.45, 2.75) is 13.3 Å². The van der Waals surface area contributed by atoms with Gasteiger partial charge in [-0.3, -0.25) is 0 Å². The van der Waals surface area contributed by atoms with Gasteiger partial charge in [-0.1, -0.05) is 30.7 Å². The van der Waals surface area contributed by atoms with Crippen LogP contribution in [-0.2, 0) is 6.42 Å². The fourth-order valence-electron chi connectivity index (χ4n) is 1.31. The van der Waals surface area contributed by atoms with Gasteiger partial charge in [0.25, 0.3) is 0 Å². The number of thiazole rings is 1. The highest BCUT2D eigenvalue weighted by atomic mass is 35.5. The van der Waals surface area contributed by atoms with Crippen LogP contribution >= 0.6 is 22.9 Å². The molecule has 0 aliphatic carbocycles. The number of benzene rings is 1. The molecule has 0 unspecified atom stereocenters. The quantitative estimate of drug-likeness (QED) is 0.753. The van der Waals surface area contributed by atoms with Crippen LogP contribution in [0.2, 0.25) is 5.02 Å². The summed E-state index contributed by atoms with van der Waals surface area (Å²) < 4.78 is 0. The van der Waals surface area contributed by atoms with Crippen LogP contribution < -0.4 is 0 Å². The molecule has 0 N–H and O–H groups in total. The molecular formula is C11H9ClNS. The van der Waals surface area contributed by atoms with Crippen LogP contribution in [0.15, 0.2) is 24.3 Å². The van der Waals surface area contributed by atoms with Crippen molar-refractivity contribution in [3.8, 4) is 11.3 Å². The maximum absolute atomic E-state index is 5.82. The normalized spacial score (nSPS) is 10.4. The first-order valence-corrected chi connectivity index (χ1v) is 5.62. The van der Waals surface area contributed by atoms with Crippen molar-refractivity contribution < 1.29 is 0 Å². The van der Waals surface area contributed by atoms with Crippen LogP contribution in [0.1, 0.15) is 11.8 Å². The molecule has 1 aromatic carbocycles. The highest BCUT2D eigenvalue weighted by Gasteiger charge is 2.06. The lowest BCUT2D eigenvalue weighted by Crippen LogP contribution is -1.82. The molecule has 0 saturated carbocycles. The summed E-state index contributed by atoms with van der Waals surface area (Å²) in [5, 5.41) is 0.756. The van der Waals surface area contributed by atoms with Crippen LogP contribution in [0.5, 0.6) is 0 Å². The lowest BCUT2D eigenvalue weighted by molar-refractivity contribution is 1.17. The van der Waals surface area contributed by atoms with Gasteiger partial charge < -0.3 is 0 Å². The molecule has 3 heteroatoms. The molecule has 2 aromatic rings. The van der Waals surface area contributed by atoms with Gasteiger partial charge in [-0.05, 0) is 18.6 Å². The first kappa shape index (κ1) is 9.69. The average Bonchev–Trinajstić information content (AvgIpc) is 2.67. The van der Waals surface area contributed by atoms with E-state index in [-0.39, 0.29) is 0 Å². The van der Waals surface area contributed by atoms with E-state index in [0.717, 1.165) is 22.7 Å². The van der Waals surface area contributed by atoms with E-state index in [4.69, 9.17) is 11.6 Å². The Morgan fingerprint density at radius 1 is 1.36 bits per heavy atom. The maximum atomic E-state index is 5.82. The first-order valence-electron chi connectivity index (χ1n) is 4.43. The Bertz CT molecular complexity index is 419. The molecule has 14 heavy (non-hydrogen) atoms. The monoisotopic (exact) mass is 222 g/mol. The molecule has 0 bridgehead atoms. The molecule has 71 valence electrons. The zero-order valence-electron chi connectivity index (χ0n) is 7.75.